The number of aryl methyl sites for hydroxylation is 2. The van der Waals surface area contributed by atoms with Gasteiger partial charge in [0.15, 0.2) is 23.0 Å². The topological polar surface area (TPSA) is 231 Å². The number of ether oxygens (including phenoxy) is 5. The largest absolute Gasteiger partial charge is 0.491 e. The van der Waals surface area contributed by atoms with Crippen LogP contribution in [-0.2, 0) is 61.3 Å². The Morgan fingerprint density at radius 3 is 2.26 bits per heavy atom. The van der Waals surface area contributed by atoms with E-state index in [1.165, 1.54) is 35.1 Å². The first-order valence-corrected chi connectivity index (χ1v) is 25.3. The SMILES string of the molecule is CCn1cc(-c2cc(Cn3ccn(C)c3=N)cc3c2OCC(Cc2ccc(F)c(OCCOCCOCCOCC(=O)NC4CCN(c5ccc6c(c5)C(=O)N(C5CCC(=O)NC5=O)C6=O)CC4)c2)C3=O)c(C(F)(F)F)n1. The summed E-state index contributed by atoms with van der Waals surface area (Å²) in [4.78, 5) is 80.2. The zero-order valence-corrected chi connectivity index (χ0v) is 42.3. The number of anilines is 1. The number of imidazole rings is 1. The van der Waals surface area contributed by atoms with Crippen molar-refractivity contribution in [3.05, 3.63) is 112 Å². The molecule has 6 heterocycles. The molecule has 4 aliphatic rings. The quantitative estimate of drug-likeness (QED) is 0.0525. The summed E-state index contributed by atoms with van der Waals surface area (Å²) in [5.74, 6) is -4.32. The van der Waals surface area contributed by atoms with E-state index in [4.69, 9.17) is 29.1 Å². The molecule has 2 atom stereocenters. The number of carbonyl (C=O) groups is 6. The highest BCUT2D eigenvalue weighted by Gasteiger charge is 2.45. The maximum absolute atomic E-state index is 14.9. The average molecular weight is 1070 g/mol. The molecule has 4 aliphatic heterocycles. The fourth-order valence-corrected chi connectivity index (χ4v) is 9.88. The van der Waals surface area contributed by atoms with Crippen LogP contribution in [0.2, 0.25) is 0 Å². The Morgan fingerprint density at radius 2 is 1.56 bits per heavy atom. The van der Waals surface area contributed by atoms with E-state index in [0.29, 0.717) is 37.1 Å². The molecule has 5 amide bonds. The Hall–Kier alpha value is -7.70. The first kappa shape index (κ1) is 54.1. The number of piperidine rings is 2. The van der Waals surface area contributed by atoms with Gasteiger partial charge < -0.3 is 43.0 Å². The van der Waals surface area contributed by atoms with Crippen LogP contribution in [0.15, 0.2) is 67.1 Å². The predicted octanol–water partition coefficient (Wildman–Crippen LogP) is 4.44. The minimum Gasteiger partial charge on any atom is -0.491 e. The summed E-state index contributed by atoms with van der Waals surface area (Å²) >= 11 is 0. The van der Waals surface area contributed by atoms with E-state index in [9.17, 15) is 46.3 Å². The fraction of sp³-hybridized carbons (Fsp3) is 0.434. The van der Waals surface area contributed by atoms with Gasteiger partial charge in [0.1, 0.15) is 25.0 Å². The smallest absolute Gasteiger partial charge is 0.435 e. The summed E-state index contributed by atoms with van der Waals surface area (Å²) in [6.45, 7) is 3.68. The number of amides is 5. The summed E-state index contributed by atoms with van der Waals surface area (Å²) < 4.78 is 90.6. The summed E-state index contributed by atoms with van der Waals surface area (Å²) in [6, 6.07) is 11.2. The molecule has 0 bridgehead atoms. The van der Waals surface area contributed by atoms with Gasteiger partial charge >= 0.3 is 6.18 Å². The number of hydrogen-bond acceptors (Lipinski definition) is 14. The van der Waals surface area contributed by atoms with Crippen LogP contribution in [-0.4, -0.2) is 137 Å². The maximum atomic E-state index is 14.9. The third kappa shape index (κ3) is 12.1. The standard InChI is InChI=1S/C53H57F4N9O11/c1-3-65-28-40(48(61-65)53(55,56)57)37-23-32(27-64-15-14-62(2)52(64)58)24-39-46(69)33(29-77-47(37)39)22-31-4-7-41(54)43(25-31)76-21-20-74-17-16-73-18-19-75-30-45(68)59-34-10-12-63(13-11-34)35-5-6-36-38(26-35)51(72)66(50(36)71)42-8-9-44(67)60-49(42)70/h4-7,14-15,23-26,28,33-34,42,58H,3,8-13,16-22,27,29-30H2,1-2H3,(H,59,68)(H,60,67,70). The molecule has 0 saturated carbocycles. The number of nitrogens with zero attached hydrogens (tertiary/aromatic N) is 6. The normalized spacial score (nSPS) is 17.9. The van der Waals surface area contributed by atoms with Gasteiger partial charge in [-0.05, 0) is 86.2 Å². The van der Waals surface area contributed by atoms with Gasteiger partial charge in [-0.1, -0.05) is 6.07 Å². The molecule has 5 aromatic rings. The number of halogens is 4. The van der Waals surface area contributed by atoms with E-state index < -0.39 is 53.3 Å². The predicted molar refractivity (Wildman–Crippen MR) is 265 cm³/mol. The van der Waals surface area contributed by atoms with Gasteiger partial charge in [-0.15, -0.1) is 0 Å². The molecule has 3 aromatic carbocycles. The molecule has 77 heavy (non-hydrogen) atoms. The molecule has 9 rings (SSSR count). The summed E-state index contributed by atoms with van der Waals surface area (Å²) in [7, 11) is 1.69. The van der Waals surface area contributed by atoms with Crippen molar-refractivity contribution >= 4 is 41.0 Å². The third-order valence-electron chi connectivity index (χ3n) is 13.9. The zero-order chi connectivity index (χ0) is 54.5. The highest BCUT2D eigenvalue weighted by Crippen LogP contribution is 2.44. The highest BCUT2D eigenvalue weighted by atomic mass is 19.4. The monoisotopic (exact) mass is 1070 g/mol. The number of benzene rings is 3. The fourth-order valence-electron chi connectivity index (χ4n) is 9.88. The number of carbonyl (C=O) groups excluding carboxylic acids is 6. The van der Waals surface area contributed by atoms with Gasteiger partial charge in [0.2, 0.25) is 23.3 Å². The lowest BCUT2D eigenvalue weighted by atomic mass is 9.86. The molecule has 0 radical (unpaired) electrons. The second-order valence-electron chi connectivity index (χ2n) is 19.1. The van der Waals surface area contributed by atoms with E-state index in [1.807, 2.05) is 0 Å². The molecule has 3 N–H and O–H groups in total. The van der Waals surface area contributed by atoms with Crippen molar-refractivity contribution in [2.24, 2.45) is 13.0 Å². The second kappa shape index (κ2) is 23.3. The number of imide groups is 2. The highest BCUT2D eigenvalue weighted by molar-refractivity contribution is 6.23. The number of nitrogens with one attached hydrogen (secondary N) is 3. The number of fused-ring (bicyclic) bond motifs is 2. The van der Waals surface area contributed by atoms with Gasteiger partial charge in [0, 0.05) is 74.5 Å². The van der Waals surface area contributed by atoms with E-state index in [1.54, 1.807) is 59.8 Å². The molecular formula is C53H57F4N9O11. The van der Waals surface area contributed by atoms with Gasteiger partial charge in [0.05, 0.1) is 68.8 Å². The van der Waals surface area contributed by atoms with Crippen molar-refractivity contribution in [1.29, 1.82) is 5.41 Å². The minimum atomic E-state index is -4.79. The van der Waals surface area contributed by atoms with Crippen LogP contribution in [0, 0.1) is 17.1 Å². The summed E-state index contributed by atoms with van der Waals surface area (Å²) in [6.07, 6.45) is 1.33. The van der Waals surface area contributed by atoms with Crippen LogP contribution >= 0.6 is 0 Å². The van der Waals surface area contributed by atoms with Crippen LogP contribution in [0.4, 0.5) is 23.2 Å². The molecular weight excluding hydrogens is 1010 g/mol. The number of hydrogen-bond donors (Lipinski definition) is 3. The van der Waals surface area contributed by atoms with Crippen molar-refractivity contribution in [1.82, 2.24) is 34.4 Å². The second-order valence-corrected chi connectivity index (χ2v) is 19.1. The van der Waals surface area contributed by atoms with Gasteiger partial charge in [0.25, 0.3) is 11.8 Å². The Labute approximate surface area is 438 Å². The Bertz CT molecular complexity index is 3140. The molecule has 0 spiro atoms. The first-order chi connectivity index (χ1) is 37.0. The molecule has 24 heteroatoms. The van der Waals surface area contributed by atoms with Crippen molar-refractivity contribution in [3.8, 4) is 22.6 Å². The molecule has 2 saturated heterocycles. The Balaban J connectivity index is 0.673. The average Bonchev–Trinajstić information content (AvgIpc) is 4.07. The van der Waals surface area contributed by atoms with Gasteiger partial charge in [-0.3, -0.25) is 49.1 Å². The van der Waals surface area contributed by atoms with Crippen molar-refractivity contribution in [3.63, 3.8) is 0 Å². The summed E-state index contributed by atoms with van der Waals surface area (Å²) in [5, 5.41) is 17.3. The molecule has 20 nitrogen and oxygen atoms in total. The maximum Gasteiger partial charge on any atom is 0.435 e. The molecule has 2 unspecified atom stereocenters. The molecule has 2 aromatic heterocycles. The van der Waals surface area contributed by atoms with Crippen molar-refractivity contribution in [2.75, 3.05) is 70.8 Å². The lowest BCUT2D eigenvalue weighted by molar-refractivity contribution is -0.141. The van der Waals surface area contributed by atoms with E-state index in [0.717, 1.165) is 10.6 Å². The minimum absolute atomic E-state index is 0.000248. The van der Waals surface area contributed by atoms with Crippen molar-refractivity contribution < 1.29 is 70.0 Å². The van der Waals surface area contributed by atoms with E-state index >= 15 is 0 Å². The lowest BCUT2D eigenvalue weighted by Gasteiger charge is -2.34. The van der Waals surface area contributed by atoms with Crippen LogP contribution in [0.3, 0.4) is 0 Å². The zero-order valence-electron chi connectivity index (χ0n) is 42.3. The number of ketones is 1. The Kier molecular flexibility index (Phi) is 16.3. The van der Waals surface area contributed by atoms with E-state index in [2.05, 4.69) is 20.6 Å². The van der Waals surface area contributed by atoms with E-state index in [-0.39, 0.29) is 148 Å². The summed E-state index contributed by atoms with van der Waals surface area (Å²) in [5.41, 5.74) is 1.16. The number of alkyl halides is 3. The Morgan fingerprint density at radius 1 is 0.844 bits per heavy atom. The first-order valence-electron chi connectivity index (χ1n) is 25.3. The number of rotatable bonds is 21. The van der Waals surface area contributed by atoms with Crippen molar-refractivity contribution in [2.45, 2.75) is 70.4 Å². The van der Waals surface area contributed by atoms with Gasteiger partial charge in [-0.25, -0.2) is 4.39 Å². The molecule has 0 aliphatic carbocycles. The van der Waals surface area contributed by atoms with Crippen LogP contribution in [0.5, 0.6) is 11.5 Å². The molecule has 2 fully saturated rings. The van der Waals surface area contributed by atoms with Gasteiger partial charge in [-0.2, -0.15) is 18.3 Å². The van der Waals surface area contributed by atoms with Crippen LogP contribution in [0.25, 0.3) is 11.1 Å². The van der Waals surface area contributed by atoms with Crippen LogP contribution < -0.4 is 30.6 Å². The lowest BCUT2D eigenvalue weighted by Crippen LogP contribution is -2.54. The number of Topliss-reactive ketones (excluding diaryl/α,β-unsaturated/α-hetero) is 1. The number of aromatic nitrogens is 4. The molecule has 408 valence electrons. The van der Waals surface area contributed by atoms with Crippen LogP contribution in [0.1, 0.15) is 80.5 Å². The third-order valence-corrected chi connectivity index (χ3v) is 13.9.